The summed E-state index contributed by atoms with van der Waals surface area (Å²) in [5, 5.41) is 14.6. The number of hydrogen-bond donors (Lipinski definition) is 1. The first-order chi connectivity index (χ1) is 8.61. The maximum Gasteiger partial charge on any atom is 0.124 e. The van der Waals surface area contributed by atoms with E-state index in [9.17, 15) is 9.50 Å². The Kier molecular flexibility index (Phi) is 3.99. The summed E-state index contributed by atoms with van der Waals surface area (Å²) in [4.78, 5) is 0. The highest BCUT2D eigenvalue weighted by atomic mass is 35.5. The van der Waals surface area contributed by atoms with Crippen LogP contribution in [-0.2, 0) is 13.0 Å². The molecule has 2 rings (SSSR count). The van der Waals surface area contributed by atoms with Crippen LogP contribution >= 0.6 is 11.6 Å². The molecular formula is C13H14ClFN2O. The molecule has 0 aliphatic carbocycles. The van der Waals surface area contributed by atoms with Crippen LogP contribution in [0.3, 0.4) is 0 Å². The first-order valence-corrected chi connectivity index (χ1v) is 6.13. The number of hydrogen-bond acceptors (Lipinski definition) is 2. The average molecular weight is 269 g/mol. The Labute approximate surface area is 110 Å². The molecule has 1 atom stereocenters. The number of nitrogens with zero attached hydrogens (tertiary/aromatic N) is 2. The SMILES string of the molecule is CCn1nccc1C(O)Cc1ccc(F)cc1Cl. The highest BCUT2D eigenvalue weighted by molar-refractivity contribution is 6.31. The zero-order valence-electron chi connectivity index (χ0n) is 9.98. The minimum Gasteiger partial charge on any atom is -0.386 e. The minimum atomic E-state index is -0.699. The number of aryl methyl sites for hydroxylation is 1. The summed E-state index contributed by atoms with van der Waals surface area (Å²) in [6.45, 7) is 2.64. The minimum absolute atomic E-state index is 0.330. The zero-order valence-corrected chi connectivity index (χ0v) is 10.7. The molecular weight excluding hydrogens is 255 g/mol. The van der Waals surface area contributed by atoms with Crippen molar-refractivity contribution < 1.29 is 9.50 Å². The van der Waals surface area contributed by atoms with Gasteiger partial charge in [-0.15, -0.1) is 0 Å². The molecule has 0 bridgehead atoms. The van der Waals surface area contributed by atoms with Crippen LogP contribution in [0.1, 0.15) is 24.3 Å². The van der Waals surface area contributed by atoms with Crippen LogP contribution in [0, 0.1) is 5.82 Å². The van der Waals surface area contributed by atoms with Crippen molar-refractivity contribution in [2.45, 2.75) is 26.0 Å². The number of aliphatic hydroxyl groups is 1. The Balaban J connectivity index is 2.18. The van der Waals surface area contributed by atoms with E-state index in [1.807, 2.05) is 6.92 Å². The molecule has 0 aliphatic rings. The maximum atomic E-state index is 12.9. The standard InChI is InChI=1S/C13H14ClFN2O/c1-2-17-12(5-6-16-17)13(18)7-9-3-4-10(15)8-11(9)14/h3-6,8,13,18H,2,7H2,1H3. The molecule has 96 valence electrons. The van der Waals surface area contributed by atoms with Gasteiger partial charge in [-0.25, -0.2) is 4.39 Å². The van der Waals surface area contributed by atoms with Gasteiger partial charge >= 0.3 is 0 Å². The van der Waals surface area contributed by atoms with Crippen molar-refractivity contribution in [1.82, 2.24) is 9.78 Å². The molecule has 1 aromatic carbocycles. The first-order valence-electron chi connectivity index (χ1n) is 5.75. The molecule has 0 amide bonds. The second-order valence-electron chi connectivity index (χ2n) is 4.03. The summed E-state index contributed by atoms with van der Waals surface area (Å²) in [5.41, 5.74) is 1.45. The largest absolute Gasteiger partial charge is 0.386 e. The molecule has 0 saturated heterocycles. The number of benzene rings is 1. The Hall–Kier alpha value is -1.39. The lowest BCUT2D eigenvalue weighted by Gasteiger charge is -2.13. The third-order valence-corrected chi connectivity index (χ3v) is 3.17. The number of rotatable bonds is 4. The van der Waals surface area contributed by atoms with Crippen LogP contribution in [0.15, 0.2) is 30.5 Å². The van der Waals surface area contributed by atoms with E-state index in [4.69, 9.17) is 11.6 Å². The van der Waals surface area contributed by atoms with E-state index in [-0.39, 0.29) is 5.82 Å². The second-order valence-corrected chi connectivity index (χ2v) is 4.43. The van der Waals surface area contributed by atoms with E-state index >= 15 is 0 Å². The number of halogens is 2. The number of aliphatic hydroxyl groups excluding tert-OH is 1. The summed E-state index contributed by atoms with van der Waals surface area (Å²) in [6, 6.07) is 5.95. The fourth-order valence-electron chi connectivity index (χ4n) is 1.89. The molecule has 0 radical (unpaired) electrons. The van der Waals surface area contributed by atoms with Crippen molar-refractivity contribution in [1.29, 1.82) is 0 Å². The molecule has 1 heterocycles. The van der Waals surface area contributed by atoms with Crippen LogP contribution in [0.2, 0.25) is 5.02 Å². The van der Waals surface area contributed by atoms with Gasteiger partial charge < -0.3 is 5.11 Å². The van der Waals surface area contributed by atoms with Gasteiger partial charge in [-0.3, -0.25) is 4.68 Å². The quantitative estimate of drug-likeness (QED) is 0.926. The second kappa shape index (κ2) is 5.50. The summed E-state index contributed by atoms with van der Waals surface area (Å²) in [5.74, 6) is -0.378. The van der Waals surface area contributed by atoms with Crippen molar-refractivity contribution in [3.8, 4) is 0 Å². The van der Waals surface area contributed by atoms with Crippen molar-refractivity contribution in [2.75, 3.05) is 0 Å². The average Bonchev–Trinajstić information content (AvgIpc) is 2.81. The topological polar surface area (TPSA) is 38.0 Å². The molecule has 0 fully saturated rings. The number of aromatic nitrogens is 2. The lowest BCUT2D eigenvalue weighted by molar-refractivity contribution is 0.167. The molecule has 18 heavy (non-hydrogen) atoms. The molecule has 1 unspecified atom stereocenters. The van der Waals surface area contributed by atoms with E-state index < -0.39 is 6.10 Å². The predicted molar refractivity (Wildman–Crippen MR) is 68.0 cm³/mol. The van der Waals surface area contributed by atoms with Gasteiger partial charge in [0.2, 0.25) is 0 Å². The third kappa shape index (κ3) is 2.71. The monoisotopic (exact) mass is 268 g/mol. The van der Waals surface area contributed by atoms with E-state index in [1.165, 1.54) is 12.1 Å². The zero-order chi connectivity index (χ0) is 13.1. The highest BCUT2D eigenvalue weighted by Gasteiger charge is 2.15. The van der Waals surface area contributed by atoms with E-state index in [0.29, 0.717) is 18.0 Å². The Morgan fingerprint density at radius 1 is 1.44 bits per heavy atom. The van der Waals surface area contributed by atoms with Gasteiger partial charge in [0.15, 0.2) is 0 Å². The summed E-state index contributed by atoms with van der Waals surface area (Å²) >= 11 is 5.94. The molecule has 0 saturated carbocycles. The molecule has 3 nitrogen and oxygen atoms in total. The molecule has 1 N–H and O–H groups in total. The molecule has 2 aromatic rings. The lowest BCUT2D eigenvalue weighted by Crippen LogP contribution is -2.10. The smallest absolute Gasteiger partial charge is 0.124 e. The summed E-state index contributed by atoms with van der Waals surface area (Å²) in [6.07, 6.45) is 1.29. The van der Waals surface area contributed by atoms with E-state index in [1.54, 1.807) is 23.0 Å². The van der Waals surface area contributed by atoms with Gasteiger partial charge in [-0.2, -0.15) is 5.10 Å². The third-order valence-electron chi connectivity index (χ3n) is 2.82. The van der Waals surface area contributed by atoms with Crippen LogP contribution in [-0.4, -0.2) is 14.9 Å². The highest BCUT2D eigenvalue weighted by Crippen LogP contribution is 2.24. The molecule has 0 aliphatic heterocycles. The summed E-state index contributed by atoms with van der Waals surface area (Å²) in [7, 11) is 0. The van der Waals surface area contributed by atoms with Gasteiger partial charge in [0.25, 0.3) is 0 Å². The van der Waals surface area contributed by atoms with Gasteiger partial charge in [-0.1, -0.05) is 17.7 Å². The van der Waals surface area contributed by atoms with Crippen molar-refractivity contribution >= 4 is 11.6 Å². The predicted octanol–water partition coefficient (Wildman–Crippen LogP) is 2.97. The Morgan fingerprint density at radius 2 is 2.22 bits per heavy atom. The van der Waals surface area contributed by atoms with Gasteiger partial charge in [0.05, 0.1) is 11.8 Å². The lowest BCUT2D eigenvalue weighted by atomic mass is 10.1. The van der Waals surface area contributed by atoms with Gasteiger partial charge in [0, 0.05) is 24.2 Å². The van der Waals surface area contributed by atoms with Crippen molar-refractivity contribution in [3.63, 3.8) is 0 Å². The van der Waals surface area contributed by atoms with Crippen LogP contribution in [0.4, 0.5) is 4.39 Å². The van der Waals surface area contributed by atoms with Gasteiger partial charge in [-0.05, 0) is 30.7 Å². The van der Waals surface area contributed by atoms with E-state index in [2.05, 4.69) is 5.10 Å². The van der Waals surface area contributed by atoms with Crippen LogP contribution < -0.4 is 0 Å². The van der Waals surface area contributed by atoms with Crippen LogP contribution in [0.25, 0.3) is 0 Å². The molecule has 0 spiro atoms. The van der Waals surface area contributed by atoms with Gasteiger partial charge in [0.1, 0.15) is 5.82 Å². The molecule has 5 heteroatoms. The fourth-order valence-corrected chi connectivity index (χ4v) is 2.13. The van der Waals surface area contributed by atoms with Crippen molar-refractivity contribution in [3.05, 3.63) is 52.6 Å². The normalized spacial score (nSPS) is 12.7. The molecule has 1 aromatic heterocycles. The fraction of sp³-hybridized carbons (Fsp3) is 0.308. The maximum absolute atomic E-state index is 12.9. The summed E-state index contributed by atoms with van der Waals surface area (Å²) < 4.78 is 14.6. The van der Waals surface area contributed by atoms with Crippen molar-refractivity contribution in [2.24, 2.45) is 0 Å². The Morgan fingerprint density at radius 3 is 2.89 bits per heavy atom. The first kappa shape index (κ1) is 13.1. The van der Waals surface area contributed by atoms with E-state index in [0.717, 1.165) is 11.3 Å². The Bertz CT molecular complexity index is 542. The van der Waals surface area contributed by atoms with Crippen LogP contribution in [0.5, 0.6) is 0 Å².